The molecule has 3 aromatic rings. The fraction of sp³-hybridized carbons (Fsp3) is 0.333. The number of ketones is 1. The van der Waals surface area contributed by atoms with Gasteiger partial charge in [-0.1, -0.05) is 17.7 Å². The first-order valence-corrected chi connectivity index (χ1v) is 10.9. The standard InChI is InChI=1S/C24H23ClF3N3O3/c1-4-34-16-9-7-15(8-10-16)20-29-21(31-22(33)30-20)17-13-14(5-11-18(17)25)6-12-19(32)23(2,3)24(26,27)28/h5,7-11,13H,4,6,12H2,1-3H3,(H,29,30,31,33). The first-order chi connectivity index (χ1) is 15.9. The molecule has 10 heteroatoms. The summed E-state index contributed by atoms with van der Waals surface area (Å²) in [6.45, 7) is 4.12. The van der Waals surface area contributed by atoms with E-state index in [1.807, 2.05) is 6.92 Å². The Balaban J connectivity index is 1.88. The molecule has 0 fully saturated rings. The van der Waals surface area contributed by atoms with Crippen LogP contribution in [0.25, 0.3) is 22.8 Å². The molecule has 0 aliphatic rings. The summed E-state index contributed by atoms with van der Waals surface area (Å²) in [5.41, 5.74) is -1.55. The van der Waals surface area contributed by atoms with Gasteiger partial charge in [0.2, 0.25) is 0 Å². The van der Waals surface area contributed by atoms with Crippen LogP contribution in [-0.2, 0) is 11.2 Å². The first kappa shape index (κ1) is 25.4. The minimum Gasteiger partial charge on any atom is -0.494 e. The monoisotopic (exact) mass is 493 g/mol. The van der Waals surface area contributed by atoms with E-state index in [9.17, 15) is 22.8 Å². The van der Waals surface area contributed by atoms with Crippen molar-refractivity contribution in [3.8, 4) is 28.5 Å². The fourth-order valence-electron chi connectivity index (χ4n) is 3.15. The molecule has 0 saturated carbocycles. The van der Waals surface area contributed by atoms with Gasteiger partial charge >= 0.3 is 11.9 Å². The van der Waals surface area contributed by atoms with E-state index >= 15 is 0 Å². The summed E-state index contributed by atoms with van der Waals surface area (Å²) in [5.74, 6) is 0.0723. The second-order valence-electron chi connectivity index (χ2n) is 8.14. The number of ether oxygens (including phenoxy) is 1. The van der Waals surface area contributed by atoms with E-state index in [1.54, 1.807) is 42.5 Å². The number of aromatic nitrogens is 3. The maximum atomic E-state index is 13.1. The summed E-state index contributed by atoms with van der Waals surface area (Å²) in [4.78, 5) is 35.3. The van der Waals surface area contributed by atoms with E-state index in [1.165, 1.54) is 0 Å². The van der Waals surface area contributed by atoms with E-state index in [-0.39, 0.29) is 29.5 Å². The number of nitrogens with zero attached hydrogens (tertiary/aromatic N) is 2. The molecule has 2 aromatic carbocycles. The van der Waals surface area contributed by atoms with Crippen molar-refractivity contribution in [2.45, 2.75) is 39.8 Å². The molecule has 0 radical (unpaired) electrons. The summed E-state index contributed by atoms with van der Waals surface area (Å²) < 4.78 is 44.8. The Morgan fingerprint density at radius 1 is 1.09 bits per heavy atom. The Labute approximate surface area is 199 Å². The Bertz CT molecular complexity index is 1240. The zero-order valence-corrected chi connectivity index (χ0v) is 19.5. The SMILES string of the molecule is CCOc1ccc(-c2nc(-c3cc(CCC(=O)C(C)(C)C(F)(F)F)ccc3Cl)[nH]c(=O)n2)cc1. The molecule has 0 saturated heterocycles. The van der Waals surface area contributed by atoms with Crippen LogP contribution in [0.5, 0.6) is 5.75 Å². The Kier molecular flexibility index (Phi) is 7.45. The van der Waals surface area contributed by atoms with Crippen LogP contribution in [0.3, 0.4) is 0 Å². The third-order valence-corrected chi connectivity index (χ3v) is 5.74. The predicted molar refractivity (Wildman–Crippen MR) is 123 cm³/mol. The third kappa shape index (κ3) is 5.64. The lowest BCUT2D eigenvalue weighted by Gasteiger charge is -2.26. The van der Waals surface area contributed by atoms with Gasteiger partial charge in [-0.3, -0.25) is 9.78 Å². The number of carbonyl (C=O) groups is 1. The lowest BCUT2D eigenvalue weighted by molar-refractivity contribution is -0.210. The van der Waals surface area contributed by atoms with Gasteiger partial charge in [0.05, 0.1) is 11.6 Å². The highest BCUT2D eigenvalue weighted by Crippen LogP contribution is 2.39. The van der Waals surface area contributed by atoms with Gasteiger partial charge in [0.25, 0.3) is 0 Å². The van der Waals surface area contributed by atoms with Crippen LogP contribution >= 0.6 is 11.6 Å². The van der Waals surface area contributed by atoms with Crippen LogP contribution < -0.4 is 10.4 Å². The Hall–Kier alpha value is -3.20. The van der Waals surface area contributed by atoms with Crippen molar-refractivity contribution in [2.24, 2.45) is 5.41 Å². The molecular weight excluding hydrogens is 471 g/mol. The zero-order chi connectivity index (χ0) is 25.1. The fourth-order valence-corrected chi connectivity index (χ4v) is 3.35. The summed E-state index contributed by atoms with van der Waals surface area (Å²) in [6.07, 6.45) is -4.86. The van der Waals surface area contributed by atoms with Gasteiger partial charge in [-0.25, -0.2) is 9.78 Å². The van der Waals surface area contributed by atoms with Crippen LogP contribution in [0.15, 0.2) is 47.3 Å². The second kappa shape index (κ2) is 9.97. The lowest BCUT2D eigenvalue weighted by atomic mass is 9.84. The van der Waals surface area contributed by atoms with Crippen LogP contribution in [0.4, 0.5) is 13.2 Å². The molecule has 0 atom stereocenters. The maximum Gasteiger partial charge on any atom is 0.400 e. The lowest BCUT2D eigenvalue weighted by Crippen LogP contribution is -2.39. The average Bonchev–Trinajstić information content (AvgIpc) is 2.77. The van der Waals surface area contributed by atoms with Gasteiger partial charge < -0.3 is 4.74 Å². The van der Waals surface area contributed by atoms with E-state index in [0.29, 0.717) is 29.0 Å². The smallest absolute Gasteiger partial charge is 0.400 e. The summed E-state index contributed by atoms with van der Waals surface area (Å²) in [6, 6.07) is 11.7. The summed E-state index contributed by atoms with van der Waals surface area (Å²) in [5, 5.41) is 0.276. The molecule has 0 unspecified atom stereocenters. The molecule has 0 amide bonds. The minimum atomic E-state index is -4.63. The summed E-state index contributed by atoms with van der Waals surface area (Å²) in [7, 11) is 0. The molecule has 0 aliphatic heterocycles. The number of halogens is 4. The van der Waals surface area contributed by atoms with Crippen molar-refractivity contribution in [3.05, 3.63) is 63.5 Å². The molecule has 6 nitrogen and oxygen atoms in total. The van der Waals surface area contributed by atoms with E-state index < -0.39 is 23.1 Å². The molecule has 0 aliphatic carbocycles. The number of benzene rings is 2. The van der Waals surface area contributed by atoms with Crippen LogP contribution in [-0.4, -0.2) is 33.5 Å². The number of rotatable bonds is 8. The number of hydrogen-bond donors (Lipinski definition) is 1. The number of aromatic amines is 1. The van der Waals surface area contributed by atoms with Crippen molar-refractivity contribution in [1.82, 2.24) is 15.0 Å². The molecule has 1 aromatic heterocycles. The molecule has 0 spiro atoms. The molecule has 1 heterocycles. The largest absolute Gasteiger partial charge is 0.494 e. The number of aryl methyl sites for hydroxylation is 1. The van der Waals surface area contributed by atoms with Crippen molar-refractivity contribution < 1.29 is 22.7 Å². The van der Waals surface area contributed by atoms with Crippen LogP contribution in [0.2, 0.25) is 5.02 Å². The highest BCUT2D eigenvalue weighted by molar-refractivity contribution is 6.33. The second-order valence-corrected chi connectivity index (χ2v) is 8.55. The highest BCUT2D eigenvalue weighted by Gasteiger charge is 2.51. The molecule has 34 heavy (non-hydrogen) atoms. The number of Topliss-reactive ketones (excluding diaryl/α,β-unsaturated/α-hetero) is 1. The molecule has 3 rings (SSSR count). The predicted octanol–water partition coefficient (Wildman–Crippen LogP) is 5.64. The molecular formula is C24H23ClF3N3O3. The van der Waals surface area contributed by atoms with Gasteiger partial charge in [-0.15, -0.1) is 0 Å². The van der Waals surface area contributed by atoms with Gasteiger partial charge in [0.15, 0.2) is 5.82 Å². The molecule has 180 valence electrons. The Morgan fingerprint density at radius 3 is 2.38 bits per heavy atom. The van der Waals surface area contributed by atoms with E-state index in [2.05, 4.69) is 15.0 Å². The number of H-pyrrole nitrogens is 1. The molecule has 0 bridgehead atoms. The van der Waals surface area contributed by atoms with Gasteiger partial charge in [-0.2, -0.15) is 18.2 Å². The van der Waals surface area contributed by atoms with E-state index in [0.717, 1.165) is 13.8 Å². The number of carbonyl (C=O) groups excluding carboxylic acids is 1. The molecule has 1 N–H and O–H groups in total. The van der Waals surface area contributed by atoms with Crippen molar-refractivity contribution in [1.29, 1.82) is 0 Å². The van der Waals surface area contributed by atoms with Crippen LogP contribution in [0, 0.1) is 5.41 Å². The van der Waals surface area contributed by atoms with Crippen molar-refractivity contribution in [2.75, 3.05) is 6.61 Å². The number of hydrogen-bond acceptors (Lipinski definition) is 5. The van der Waals surface area contributed by atoms with E-state index in [4.69, 9.17) is 16.3 Å². The van der Waals surface area contributed by atoms with Crippen LogP contribution in [0.1, 0.15) is 32.8 Å². The normalized spacial score (nSPS) is 12.0. The Morgan fingerprint density at radius 2 is 1.76 bits per heavy atom. The topological polar surface area (TPSA) is 84.9 Å². The van der Waals surface area contributed by atoms with Gasteiger partial charge in [0, 0.05) is 17.5 Å². The zero-order valence-electron chi connectivity index (χ0n) is 18.8. The first-order valence-electron chi connectivity index (χ1n) is 10.5. The number of nitrogens with one attached hydrogen (secondary N) is 1. The van der Waals surface area contributed by atoms with Gasteiger partial charge in [-0.05, 0) is 69.2 Å². The summed E-state index contributed by atoms with van der Waals surface area (Å²) >= 11 is 6.32. The third-order valence-electron chi connectivity index (χ3n) is 5.41. The van der Waals surface area contributed by atoms with Crippen molar-refractivity contribution in [3.63, 3.8) is 0 Å². The van der Waals surface area contributed by atoms with Crippen molar-refractivity contribution >= 4 is 17.4 Å². The minimum absolute atomic E-state index is 0.0730. The maximum absolute atomic E-state index is 13.1. The average molecular weight is 494 g/mol. The quantitative estimate of drug-likeness (QED) is 0.439. The van der Waals surface area contributed by atoms with Gasteiger partial charge in [0.1, 0.15) is 22.8 Å². The highest BCUT2D eigenvalue weighted by atomic mass is 35.5. The number of alkyl halides is 3.